The van der Waals surface area contributed by atoms with Crippen LogP contribution in [0.15, 0.2) is 42.5 Å². The number of hydrogen-bond donors (Lipinski definition) is 2. The highest BCUT2D eigenvalue weighted by molar-refractivity contribution is 6.35. The van der Waals surface area contributed by atoms with Crippen LogP contribution in [-0.4, -0.2) is 11.7 Å². The summed E-state index contributed by atoms with van der Waals surface area (Å²) in [5.74, 6) is -0.262. The highest BCUT2D eigenvalue weighted by atomic mass is 35.5. The van der Waals surface area contributed by atoms with Crippen LogP contribution in [0.1, 0.15) is 35.6 Å². The fourth-order valence-corrected chi connectivity index (χ4v) is 2.96. The summed E-state index contributed by atoms with van der Waals surface area (Å²) in [5.41, 5.74) is 8.75. The van der Waals surface area contributed by atoms with Gasteiger partial charge in [-0.2, -0.15) is 0 Å². The van der Waals surface area contributed by atoms with Crippen molar-refractivity contribution in [3.05, 3.63) is 69.2 Å². The molecule has 4 heteroatoms. The lowest BCUT2D eigenvalue weighted by Gasteiger charge is -2.23. The van der Waals surface area contributed by atoms with Crippen molar-refractivity contribution < 1.29 is 5.11 Å². The molecule has 2 unspecified atom stereocenters. The van der Waals surface area contributed by atoms with Gasteiger partial charge in [0.15, 0.2) is 0 Å². The molecule has 2 nitrogen and oxygen atoms in total. The summed E-state index contributed by atoms with van der Waals surface area (Å²) < 4.78 is 0. The van der Waals surface area contributed by atoms with Gasteiger partial charge < -0.3 is 10.8 Å². The van der Waals surface area contributed by atoms with E-state index in [9.17, 15) is 5.11 Å². The van der Waals surface area contributed by atoms with Gasteiger partial charge in [-0.15, -0.1) is 0 Å². The van der Waals surface area contributed by atoms with E-state index in [2.05, 4.69) is 6.92 Å². The fraction of sp³-hybridized carbons (Fsp3) is 0.294. The zero-order valence-electron chi connectivity index (χ0n) is 11.9. The van der Waals surface area contributed by atoms with E-state index >= 15 is 0 Å². The van der Waals surface area contributed by atoms with Crippen molar-refractivity contribution in [1.29, 1.82) is 0 Å². The Morgan fingerprint density at radius 3 is 2.29 bits per heavy atom. The molecule has 0 aliphatic carbocycles. The lowest BCUT2D eigenvalue weighted by atomic mass is 9.89. The normalized spacial score (nSPS) is 14.0. The molecular weight excluding hydrogens is 305 g/mol. The maximum Gasteiger partial charge on any atom is 0.0871 e. The van der Waals surface area contributed by atoms with Crippen molar-refractivity contribution in [2.75, 3.05) is 6.54 Å². The Bertz CT molecular complexity index is 598. The molecule has 0 spiro atoms. The van der Waals surface area contributed by atoms with Gasteiger partial charge in [0, 0.05) is 22.5 Å². The van der Waals surface area contributed by atoms with Gasteiger partial charge >= 0.3 is 0 Å². The van der Waals surface area contributed by atoms with Gasteiger partial charge in [-0.3, -0.25) is 0 Å². The van der Waals surface area contributed by atoms with Crippen LogP contribution in [0, 0.1) is 0 Å². The van der Waals surface area contributed by atoms with Crippen LogP contribution < -0.4 is 5.73 Å². The van der Waals surface area contributed by atoms with Crippen LogP contribution in [0.2, 0.25) is 10.0 Å². The minimum atomic E-state index is -0.695. The lowest BCUT2D eigenvalue weighted by molar-refractivity contribution is 0.147. The predicted octanol–water partition coefficient (Wildman–Crippen LogP) is 4.33. The molecule has 0 saturated heterocycles. The largest absolute Gasteiger partial charge is 0.388 e. The van der Waals surface area contributed by atoms with E-state index in [1.54, 1.807) is 12.1 Å². The molecule has 0 aromatic heterocycles. The smallest absolute Gasteiger partial charge is 0.0871 e. The van der Waals surface area contributed by atoms with Crippen molar-refractivity contribution in [2.24, 2.45) is 5.73 Å². The first-order valence-corrected chi connectivity index (χ1v) is 7.74. The average Bonchev–Trinajstić information content (AvgIpc) is 2.50. The predicted molar refractivity (Wildman–Crippen MR) is 89.0 cm³/mol. The van der Waals surface area contributed by atoms with Crippen molar-refractivity contribution in [3.63, 3.8) is 0 Å². The van der Waals surface area contributed by atoms with E-state index in [1.165, 1.54) is 5.56 Å². The summed E-state index contributed by atoms with van der Waals surface area (Å²) in [7, 11) is 0. The minimum absolute atomic E-state index is 0.262. The van der Waals surface area contributed by atoms with E-state index in [-0.39, 0.29) is 5.92 Å². The monoisotopic (exact) mass is 323 g/mol. The van der Waals surface area contributed by atoms with Gasteiger partial charge in [-0.05, 0) is 35.2 Å². The molecule has 3 N–H and O–H groups in total. The first-order chi connectivity index (χ1) is 10.1. The Kier molecular flexibility index (Phi) is 5.65. The molecule has 0 aliphatic rings. The highest BCUT2D eigenvalue weighted by Crippen LogP contribution is 2.35. The summed E-state index contributed by atoms with van der Waals surface area (Å²) in [4.78, 5) is 0. The third-order valence-electron chi connectivity index (χ3n) is 3.73. The Morgan fingerprint density at radius 1 is 1.10 bits per heavy atom. The van der Waals surface area contributed by atoms with Crippen molar-refractivity contribution >= 4 is 23.2 Å². The van der Waals surface area contributed by atoms with Gasteiger partial charge in [-0.1, -0.05) is 60.5 Å². The van der Waals surface area contributed by atoms with Crippen molar-refractivity contribution in [2.45, 2.75) is 25.4 Å². The average molecular weight is 324 g/mol. The number of nitrogens with two attached hydrogens (primary N) is 1. The quantitative estimate of drug-likeness (QED) is 0.860. The number of aliphatic hydroxyl groups is 1. The third kappa shape index (κ3) is 3.78. The number of benzene rings is 2. The Balaban J connectivity index is 2.30. The number of aliphatic hydroxyl groups excluding tert-OH is 1. The lowest BCUT2D eigenvalue weighted by Crippen LogP contribution is -2.20. The summed E-state index contributed by atoms with van der Waals surface area (Å²) in [6, 6.07) is 13.2. The topological polar surface area (TPSA) is 46.2 Å². The van der Waals surface area contributed by atoms with Gasteiger partial charge in [0.05, 0.1) is 6.10 Å². The third-order valence-corrected chi connectivity index (χ3v) is 4.29. The first-order valence-electron chi connectivity index (χ1n) is 6.98. The van der Waals surface area contributed by atoms with Crippen LogP contribution in [0.3, 0.4) is 0 Å². The second-order valence-corrected chi connectivity index (χ2v) is 5.89. The Hall–Kier alpha value is -1.06. The van der Waals surface area contributed by atoms with Crippen LogP contribution in [0.25, 0.3) is 0 Å². The minimum Gasteiger partial charge on any atom is -0.388 e. The zero-order valence-corrected chi connectivity index (χ0v) is 13.4. The molecule has 0 aliphatic heterocycles. The number of rotatable bonds is 5. The number of hydrogen-bond acceptors (Lipinski definition) is 2. The van der Waals surface area contributed by atoms with Crippen LogP contribution in [-0.2, 0) is 6.42 Å². The van der Waals surface area contributed by atoms with Gasteiger partial charge in [0.25, 0.3) is 0 Å². The number of halogens is 2. The molecule has 0 fully saturated rings. The molecule has 2 rings (SSSR count). The molecular formula is C17H19Cl2NO. The van der Waals surface area contributed by atoms with Gasteiger partial charge in [0.2, 0.25) is 0 Å². The second kappa shape index (κ2) is 7.28. The van der Waals surface area contributed by atoms with E-state index in [1.807, 2.05) is 30.3 Å². The molecule has 0 radical (unpaired) electrons. The molecule has 21 heavy (non-hydrogen) atoms. The Morgan fingerprint density at radius 2 is 1.76 bits per heavy atom. The van der Waals surface area contributed by atoms with E-state index in [0.29, 0.717) is 16.6 Å². The van der Waals surface area contributed by atoms with Gasteiger partial charge in [-0.25, -0.2) is 0 Å². The molecule has 2 atom stereocenters. The van der Waals surface area contributed by atoms with Crippen molar-refractivity contribution in [3.8, 4) is 0 Å². The van der Waals surface area contributed by atoms with Crippen LogP contribution >= 0.6 is 23.2 Å². The summed E-state index contributed by atoms with van der Waals surface area (Å²) in [5, 5.41) is 11.7. The number of aryl methyl sites for hydroxylation is 1. The van der Waals surface area contributed by atoms with Crippen LogP contribution in [0.4, 0.5) is 0 Å². The van der Waals surface area contributed by atoms with E-state index < -0.39 is 6.10 Å². The molecule has 0 heterocycles. The summed E-state index contributed by atoms with van der Waals surface area (Å²) >= 11 is 12.1. The SMILES string of the molecule is CCc1ccc(C(O)C(CN)c2ccc(Cl)cc2Cl)cc1. The molecule has 0 bridgehead atoms. The maximum atomic E-state index is 10.6. The summed E-state index contributed by atoms with van der Waals surface area (Å²) in [6.07, 6.45) is 0.277. The second-order valence-electron chi connectivity index (χ2n) is 5.05. The van der Waals surface area contributed by atoms with Crippen molar-refractivity contribution in [1.82, 2.24) is 0 Å². The Labute approximate surface area is 135 Å². The van der Waals surface area contributed by atoms with Crippen LogP contribution in [0.5, 0.6) is 0 Å². The summed E-state index contributed by atoms with van der Waals surface area (Å²) in [6.45, 7) is 2.40. The maximum absolute atomic E-state index is 10.6. The van der Waals surface area contributed by atoms with E-state index in [0.717, 1.165) is 17.5 Å². The molecule has 2 aromatic carbocycles. The molecule has 112 valence electrons. The zero-order chi connectivity index (χ0) is 15.4. The highest BCUT2D eigenvalue weighted by Gasteiger charge is 2.23. The first kappa shape index (κ1) is 16.3. The molecule has 2 aromatic rings. The standard InChI is InChI=1S/C17H19Cl2NO/c1-2-11-3-5-12(6-4-11)17(21)15(10-20)14-8-7-13(18)9-16(14)19/h3-9,15,17,21H,2,10,20H2,1H3. The van der Waals surface area contributed by atoms with Gasteiger partial charge in [0.1, 0.15) is 0 Å². The fourth-order valence-electron chi connectivity index (χ4n) is 2.41. The molecule has 0 amide bonds. The molecule has 0 saturated carbocycles. The van der Waals surface area contributed by atoms with E-state index in [4.69, 9.17) is 28.9 Å².